The van der Waals surface area contributed by atoms with Gasteiger partial charge in [0.15, 0.2) is 5.13 Å². The quantitative estimate of drug-likeness (QED) is 0.842. The number of nitrogens with two attached hydrogens (primary N) is 1. The molecule has 0 amide bonds. The first-order valence-corrected chi connectivity index (χ1v) is 4.93. The Morgan fingerprint density at radius 1 is 1.50 bits per heavy atom. The van der Waals surface area contributed by atoms with Crippen LogP contribution in [-0.2, 0) is 5.92 Å². The molecular formula is C8H13F2N3S. The van der Waals surface area contributed by atoms with E-state index < -0.39 is 12.5 Å². The Morgan fingerprint density at radius 2 is 2.07 bits per heavy atom. The molecule has 80 valence electrons. The first kappa shape index (κ1) is 11.3. The largest absolute Gasteiger partial charge is 0.354 e. The van der Waals surface area contributed by atoms with E-state index >= 15 is 0 Å². The summed E-state index contributed by atoms with van der Waals surface area (Å²) in [6.45, 7) is 0.894. The van der Waals surface area contributed by atoms with Gasteiger partial charge in [0.25, 0.3) is 5.92 Å². The van der Waals surface area contributed by atoms with Gasteiger partial charge < -0.3 is 10.6 Å². The van der Waals surface area contributed by atoms with Crippen LogP contribution < -0.4 is 10.6 Å². The van der Waals surface area contributed by atoms with Crippen LogP contribution in [0.25, 0.3) is 0 Å². The molecule has 0 radical (unpaired) electrons. The maximum Gasteiger partial charge on any atom is 0.296 e. The van der Waals surface area contributed by atoms with Gasteiger partial charge >= 0.3 is 0 Å². The third kappa shape index (κ3) is 2.01. The van der Waals surface area contributed by atoms with Crippen LogP contribution in [0, 0.1) is 6.92 Å². The zero-order valence-electron chi connectivity index (χ0n) is 8.34. The van der Waals surface area contributed by atoms with Crippen LogP contribution in [0.3, 0.4) is 0 Å². The van der Waals surface area contributed by atoms with Crippen molar-refractivity contribution >= 4 is 16.5 Å². The molecule has 1 aromatic rings. The number of alkyl halides is 2. The Balaban J connectivity index is 3.10. The number of aryl methyl sites for hydroxylation is 1. The van der Waals surface area contributed by atoms with Crippen molar-refractivity contribution in [3.05, 3.63) is 10.6 Å². The van der Waals surface area contributed by atoms with Gasteiger partial charge in [0.1, 0.15) is 0 Å². The Morgan fingerprint density at radius 3 is 2.43 bits per heavy atom. The highest BCUT2D eigenvalue weighted by Gasteiger charge is 2.34. The molecule has 0 bridgehead atoms. The minimum absolute atomic E-state index is 0.0382. The maximum absolute atomic E-state index is 13.2. The molecule has 1 rings (SSSR count). The second-order valence-corrected chi connectivity index (χ2v) is 4.19. The van der Waals surface area contributed by atoms with Crippen LogP contribution in [-0.4, -0.2) is 25.6 Å². The van der Waals surface area contributed by atoms with Gasteiger partial charge in [-0.3, -0.25) is 0 Å². The number of aromatic nitrogens is 1. The number of rotatable bonds is 3. The van der Waals surface area contributed by atoms with E-state index in [1.165, 1.54) is 0 Å². The van der Waals surface area contributed by atoms with E-state index in [0.717, 1.165) is 11.3 Å². The van der Waals surface area contributed by atoms with Crippen molar-refractivity contribution in [2.75, 3.05) is 25.5 Å². The fraction of sp³-hybridized carbons (Fsp3) is 0.625. The van der Waals surface area contributed by atoms with Gasteiger partial charge in [-0.2, -0.15) is 8.78 Å². The van der Waals surface area contributed by atoms with Crippen LogP contribution in [0.5, 0.6) is 0 Å². The van der Waals surface area contributed by atoms with Crippen LogP contribution >= 0.6 is 11.3 Å². The summed E-state index contributed by atoms with van der Waals surface area (Å²) in [4.78, 5) is 5.70. The van der Waals surface area contributed by atoms with Gasteiger partial charge in [-0.15, -0.1) is 0 Å². The summed E-state index contributed by atoms with van der Waals surface area (Å²) >= 11 is 0.984. The third-order valence-corrected chi connectivity index (χ3v) is 3.19. The number of nitrogens with zero attached hydrogens (tertiary/aromatic N) is 2. The first-order valence-electron chi connectivity index (χ1n) is 4.11. The van der Waals surface area contributed by atoms with Crippen molar-refractivity contribution in [3.63, 3.8) is 0 Å². The molecule has 0 unspecified atom stereocenters. The molecule has 0 aliphatic rings. The van der Waals surface area contributed by atoms with Gasteiger partial charge in [0, 0.05) is 14.1 Å². The molecule has 0 aromatic carbocycles. The molecule has 0 saturated carbocycles. The second kappa shape index (κ2) is 3.78. The molecule has 1 aromatic heterocycles. The van der Waals surface area contributed by atoms with Gasteiger partial charge in [-0.25, -0.2) is 4.98 Å². The fourth-order valence-electron chi connectivity index (χ4n) is 1.01. The maximum atomic E-state index is 13.2. The lowest BCUT2D eigenvalue weighted by molar-refractivity contribution is 0.00907. The second-order valence-electron chi connectivity index (χ2n) is 3.21. The van der Waals surface area contributed by atoms with E-state index in [9.17, 15) is 8.78 Å². The van der Waals surface area contributed by atoms with E-state index in [-0.39, 0.29) is 4.88 Å². The van der Waals surface area contributed by atoms with Crippen molar-refractivity contribution < 1.29 is 8.78 Å². The smallest absolute Gasteiger partial charge is 0.296 e. The van der Waals surface area contributed by atoms with E-state index in [1.807, 2.05) is 0 Å². The third-order valence-electron chi connectivity index (χ3n) is 1.76. The number of hydrogen-bond acceptors (Lipinski definition) is 4. The van der Waals surface area contributed by atoms with Crippen LogP contribution in [0.2, 0.25) is 0 Å². The average molecular weight is 221 g/mol. The normalized spacial score (nSPS) is 11.9. The van der Waals surface area contributed by atoms with Crippen LogP contribution in [0.4, 0.5) is 13.9 Å². The molecule has 6 heteroatoms. The molecule has 0 atom stereocenters. The van der Waals surface area contributed by atoms with Gasteiger partial charge in [-0.05, 0) is 6.92 Å². The lowest BCUT2D eigenvalue weighted by Crippen LogP contribution is -2.24. The van der Waals surface area contributed by atoms with Crippen molar-refractivity contribution in [3.8, 4) is 0 Å². The number of anilines is 1. The minimum Gasteiger partial charge on any atom is -0.354 e. The Kier molecular flexibility index (Phi) is 3.06. The van der Waals surface area contributed by atoms with Gasteiger partial charge in [0.2, 0.25) is 0 Å². The number of hydrogen-bond donors (Lipinski definition) is 1. The lowest BCUT2D eigenvalue weighted by Gasteiger charge is -2.11. The van der Waals surface area contributed by atoms with E-state index in [2.05, 4.69) is 4.98 Å². The van der Waals surface area contributed by atoms with E-state index in [0.29, 0.717) is 10.8 Å². The molecule has 2 N–H and O–H groups in total. The zero-order valence-corrected chi connectivity index (χ0v) is 9.16. The summed E-state index contributed by atoms with van der Waals surface area (Å²) in [5.74, 6) is -2.96. The molecule has 14 heavy (non-hydrogen) atoms. The molecule has 1 heterocycles. The summed E-state index contributed by atoms with van der Waals surface area (Å²) in [5, 5.41) is 0.575. The molecule has 0 aliphatic heterocycles. The van der Waals surface area contributed by atoms with Crippen LogP contribution in [0.1, 0.15) is 10.6 Å². The van der Waals surface area contributed by atoms with Gasteiger partial charge in [0.05, 0.1) is 17.1 Å². The van der Waals surface area contributed by atoms with Gasteiger partial charge in [-0.1, -0.05) is 11.3 Å². The Labute approximate surface area is 85.5 Å². The lowest BCUT2D eigenvalue weighted by atomic mass is 10.2. The highest BCUT2D eigenvalue weighted by atomic mass is 32.1. The highest BCUT2D eigenvalue weighted by molar-refractivity contribution is 7.15. The van der Waals surface area contributed by atoms with Crippen molar-refractivity contribution in [1.82, 2.24) is 4.98 Å². The number of thiazole rings is 1. The summed E-state index contributed by atoms with van der Waals surface area (Å²) in [6, 6.07) is 0. The van der Waals surface area contributed by atoms with Crippen molar-refractivity contribution in [1.29, 1.82) is 0 Å². The Bertz CT molecular complexity index is 322. The summed E-state index contributed by atoms with van der Waals surface area (Å²) in [5.41, 5.74) is 5.36. The molecule has 3 nitrogen and oxygen atoms in total. The summed E-state index contributed by atoms with van der Waals surface area (Å²) in [7, 11) is 3.53. The predicted molar refractivity (Wildman–Crippen MR) is 54.1 cm³/mol. The molecule has 0 aliphatic carbocycles. The van der Waals surface area contributed by atoms with Crippen molar-refractivity contribution in [2.45, 2.75) is 12.8 Å². The SMILES string of the molecule is Cc1nc(N(C)C)sc1C(F)(F)CN. The van der Waals surface area contributed by atoms with Crippen molar-refractivity contribution in [2.24, 2.45) is 5.73 Å². The van der Waals surface area contributed by atoms with Crippen LogP contribution in [0.15, 0.2) is 0 Å². The molecule has 0 saturated heterocycles. The monoisotopic (exact) mass is 221 g/mol. The molecule has 0 fully saturated rings. The standard InChI is InChI=1S/C8H13F2N3S/c1-5-6(8(9,10)4-11)14-7(12-5)13(2)3/h4,11H2,1-3H3. The predicted octanol–water partition coefficient (Wildman–Crippen LogP) is 1.57. The minimum atomic E-state index is -2.96. The first-order chi connectivity index (χ1) is 6.38. The Hall–Kier alpha value is -0.750. The molecular weight excluding hydrogens is 208 g/mol. The summed E-state index contributed by atoms with van der Waals surface area (Å²) < 4.78 is 26.5. The fourth-order valence-corrected chi connectivity index (χ4v) is 1.98. The highest BCUT2D eigenvalue weighted by Crippen LogP contribution is 2.36. The average Bonchev–Trinajstić information content (AvgIpc) is 2.48. The topological polar surface area (TPSA) is 42.2 Å². The molecule has 0 spiro atoms. The van der Waals surface area contributed by atoms with E-state index in [4.69, 9.17) is 5.73 Å². The summed E-state index contributed by atoms with van der Waals surface area (Å²) in [6.07, 6.45) is 0. The van der Waals surface area contributed by atoms with E-state index in [1.54, 1.807) is 25.9 Å². The number of halogens is 2. The zero-order chi connectivity index (χ0) is 10.9.